The molecule has 0 unspecified atom stereocenters. The summed E-state index contributed by atoms with van der Waals surface area (Å²) in [6.45, 7) is 3.73. The predicted molar refractivity (Wildman–Crippen MR) is 58.9 cm³/mol. The van der Waals surface area contributed by atoms with E-state index in [9.17, 15) is 4.79 Å². The molecule has 0 bridgehead atoms. The van der Waals surface area contributed by atoms with Gasteiger partial charge in [-0.05, 0) is 19.8 Å². The second kappa shape index (κ2) is 5.12. The number of rotatable bonds is 3. The van der Waals surface area contributed by atoms with Crippen LogP contribution in [0.4, 0.5) is 0 Å². The number of hydrogen-bond donors (Lipinski definition) is 1. The van der Waals surface area contributed by atoms with E-state index in [2.05, 4.69) is 10.3 Å². The van der Waals surface area contributed by atoms with Gasteiger partial charge < -0.3 is 14.6 Å². The monoisotopic (exact) mass is 223 g/mol. The first-order chi connectivity index (χ1) is 7.75. The third-order valence-electron chi connectivity index (χ3n) is 2.82. The van der Waals surface area contributed by atoms with Gasteiger partial charge in [-0.15, -0.1) is 0 Å². The SMILES string of the molecule is Cc1nccn1CC(=O)NC1CCOCC1. The molecule has 1 fully saturated rings. The number of imidazole rings is 1. The standard InChI is InChI=1S/C11H17N3O2/c1-9-12-4-5-14(9)8-11(15)13-10-2-6-16-7-3-10/h4-5,10H,2-3,6-8H2,1H3,(H,13,15). The molecule has 1 aromatic heterocycles. The molecule has 88 valence electrons. The van der Waals surface area contributed by atoms with Crippen LogP contribution < -0.4 is 5.32 Å². The van der Waals surface area contributed by atoms with Crippen molar-refractivity contribution < 1.29 is 9.53 Å². The van der Waals surface area contributed by atoms with E-state index in [1.54, 1.807) is 6.20 Å². The first kappa shape index (κ1) is 11.1. The van der Waals surface area contributed by atoms with E-state index in [1.807, 2.05) is 17.7 Å². The molecule has 1 aliphatic heterocycles. The number of aryl methyl sites for hydroxylation is 1. The molecule has 0 spiro atoms. The van der Waals surface area contributed by atoms with Gasteiger partial charge in [0.15, 0.2) is 0 Å². The summed E-state index contributed by atoms with van der Waals surface area (Å²) in [6.07, 6.45) is 5.35. The zero-order chi connectivity index (χ0) is 11.4. The number of carbonyl (C=O) groups excluding carboxylic acids is 1. The summed E-state index contributed by atoms with van der Waals surface area (Å²) in [4.78, 5) is 15.8. The van der Waals surface area contributed by atoms with Crippen LogP contribution in [0.25, 0.3) is 0 Å². The Hall–Kier alpha value is -1.36. The molecule has 2 heterocycles. The van der Waals surface area contributed by atoms with Gasteiger partial charge in [0.05, 0.1) is 0 Å². The van der Waals surface area contributed by atoms with E-state index in [4.69, 9.17) is 4.74 Å². The number of nitrogens with one attached hydrogen (secondary N) is 1. The van der Waals surface area contributed by atoms with Crippen molar-refractivity contribution in [1.29, 1.82) is 0 Å². The quantitative estimate of drug-likeness (QED) is 0.811. The molecular formula is C11H17N3O2. The van der Waals surface area contributed by atoms with Crippen molar-refractivity contribution in [3.63, 3.8) is 0 Å². The fourth-order valence-electron chi connectivity index (χ4n) is 1.84. The number of hydrogen-bond acceptors (Lipinski definition) is 3. The van der Waals surface area contributed by atoms with Crippen molar-refractivity contribution in [1.82, 2.24) is 14.9 Å². The third kappa shape index (κ3) is 2.82. The Bertz CT molecular complexity index is 356. The Morgan fingerprint density at radius 1 is 1.62 bits per heavy atom. The first-order valence-electron chi connectivity index (χ1n) is 5.60. The average molecular weight is 223 g/mol. The van der Waals surface area contributed by atoms with Crippen LogP contribution in [0.3, 0.4) is 0 Å². The number of aromatic nitrogens is 2. The first-order valence-corrected chi connectivity index (χ1v) is 5.60. The molecule has 2 rings (SSSR count). The van der Waals surface area contributed by atoms with Gasteiger partial charge in [-0.25, -0.2) is 4.98 Å². The largest absolute Gasteiger partial charge is 0.381 e. The predicted octanol–water partition coefficient (Wildman–Crippen LogP) is 0.487. The van der Waals surface area contributed by atoms with E-state index in [-0.39, 0.29) is 11.9 Å². The molecule has 1 N–H and O–H groups in total. The van der Waals surface area contributed by atoms with Gasteiger partial charge in [-0.1, -0.05) is 0 Å². The van der Waals surface area contributed by atoms with E-state index >= 15 is 0 Å². The van der Waals surface area contributed by atoms with Crippen LogP contribution in [-0.4, -0.2) is 34.7 Å². The van der Waals surface area contributed by atoms with Gasteiger partial charge in [0.1, 0.15) is 12.4 Å². The lowest BCUT2D eigenvalue weighted by atomic mass is 10.1. The van der Waals surface area contributed by atoms with Crippen molar-refractivity contribution in [3.05, 3.63) is 18.2 Å². The highest BCUT2D eigenvalue weighted by molar-refractivity contribution is 5.76. The number of carbonyl (C=O) groups is 1. The molecule has 1 aromatic rings. The fraction of sp³-hybridized carbons (Fsp3) is 0.636. The smallest absolute Gasteiger partial charge is 0.240 e. The second-order valence-electron chi connectivity index (χ2n) is 4.06. The maximum absolute atomic E-state index is 11.7. The highest BCUT2D eigenvalue weighted by Crippen LogP contribution is 2.06. The molecule has 0 aliphatic carbocycles. The van der Waals surface area contributed by atoms with Gasteiger partial charge in [-0.3, -0.25) is 4.79 Å². The van der Waals surface area contributed by atoms with Crippen LogP contribution >= 0.6 is 0 Å². The molecule has 1 saturated heterocycles. The van der Waals surface area contributed by atoms with Crippen LogP contribution in [0.2, 0.25) is 0 Å². The fourth-order valence-corrected chi connectivity index (χ4v) is 1.84. The minimum Gasteiger partial charge on any atom is -0.381 e. The van der Waals surface area contributed by atoms with Crippen molar-refractivity contribution in [2.45, 2.75) is 32.4 Å². The zero-order valence-electron chi connectivity index (χ0n) is 9.48. The minimum absolute atomic E-state index is 0.0491. The van der Waals surface area contributed by atoms with Crippen LogP contribution in [-0.2, 0) is 16.1 Å². The van der Waals surface area contributed by atoms with Crippen molar-refractivity contribution in [3.8, 4) is 0 Å². The Kier molecular flexibility index (Phi) is 3.56. The summed E-state index contributed by atoms with van der Waals surface area (Å²) in [5, 5.41) is 3.02. The lowest BCUT2D eigenvalue weighted by Crippen LogP contribution is -2.40. The average Bonchev–Trinajstić information content (AvgIpc) is 2.66. The van der Waals surface area contributed by atoms with E-state index < -0.39 is 0 Å². The van der Waals surface area contributed by atoms with Crippen LogP contribution in [0, 0.1) is 6.92 Å². The molecular weight excluding hydrogens is 206 g/mol. The Morgan fingerprint density at radius 3 is 3.00 bits per heavy atom. The van der Waals surface area contributed by atoms with Gasteiger partial charge in [-0.2, -0.15) is 0 Å². The lowest BCUT2D eigenvalue weighted by Gasteiger charge is -2.23. The maximum Gasteiger partial charge on any atom is 0.240 e. The lowest BCUT2D eigenvalue weighted by molar-refractivity contribution is -0.123. The number of ether oxygens (including phenoxy) is 1. The molecule has 5 heteroatoms. The zero-order valence-corrected chi connectivity index (χ0v) is 9.48. The summed E-state index contributed by atoms with van der Waals surface area (Å²) < 4.78 is 7.08. The topological polar surface area (TPSA) is 56.2 Å². The summed E-state index contributed by atoms with van der Waals surface area (Å²) >= 11 is 0. The molecule has 0 atom stereocenters. The van der Waals surface area contributed by atoms with Crippen LogP contribution in [0.1, 0.15) is 18.7 Å². The molecule has 1 aliphatic rings. The third-order valence-corrected chi connectivity index (χ3v) is 2.82. The second-order valence-corrected chi connectivity index (χ2v) is 4.06. The number of nitrogens with zero attached hydrogens (tertiary/aromatic N) is 2. The molecule has 0 aromatic carbocycles. The summed E-state index contributed by atoms with van der Waals surface area (Å²) in [5.41, 5.74) is 0. The summed E-state index contributed by atoms with van der Waals surface area (Å²) in [7, 11) is 0. The van der Waals surface area contributed by atoms with Crippen LogP contribution in [0.15, 0.2) is 12.4 Å². The van der Waals surface area contributed by atoms with Crippen molar-refractivity contribution >= 4 is 5.91 Å². The van der Waals surface area contributed by atoms with Gasteiger partial charge in [0.25, 0.3) is 0 Å². The maximum atomic E-state index is 11.7. The highest BCUT2D eigenvalue weighted by atomic mass is 16.5. The minimum atomic E-state index is 0.0491. The van der Waals surface area contributed by atoms with Gasteiger partial charge in [0.2, 0.25) is 5.91 Å². The number of amides is 1. The van der Waals surface area contributed by atoms with Crippen LogP contribution in [0.5, 0.6) is 0 Å². The normalized spacial score (nSPS) is 17.3. The summed E-state index contributed by atoms with van der Waals surface area (Å²) in [5.74, 6) is 0.912. The molecule has 0 radical (unpaired) electrons. The molecule has 5 nitrogen and oxygen atoms in total. The highest BCUT2D eigenvalue weighted by Gasteiger charge is 2.16. The van der Waals surface area contributed by atoms with Gasteiger partial charge in [0, 0.05) is 31.6 Å². The molecule has 0 saturated carbocycles. The van der Waals surface area contributed by atoms with E-state index in [1.165, 1.54) is 0 Å². The molecule has 16 heavy (non-hydrogen) atoms. The van der Waals surface area contributed by atoms with E-state index in [0.29, 0.717) is 6.54 Å². The van der Waals surface area contributed by atoms with Crippen molar-refractivity contribution in [2.24, 2.45) is 0 Å². The van der Waals surface area contributed by atoms with Gasteiger partial charge >= 0.3 is 0 Å². The Labute approximate surface area is 94.8 Å². The Morgan fingerprint density at radius 2 is 2.38 bits per heavy atom. The summed E-state index contributed by atoms with van der Waals surface area (Å²) in [6, 6.07) is 0.269. The van der Waals surface area contributed by atoms with E-state index in [0.717, 1.165) is 31.9 Å². The Balaban J connectivity index is 1.82. The van der Waals surface area contributed by atoms with Crippen molar-refractivity contribution in [2.75, 3.05) is 13.2 Å². The molecule has 1 amide bonds.